The van der Waals surface area contributed by atoms with E-state index in [1.54, 1.807) is 12.1 Å². The smallest absolute Gasteiger partial charge is 0.239 e. The lowest BCUT2D eigenvalue weighted by molar-refractivity contribution is -0.121. The normalized spacial score (nSPS) is 10.8. The van der Waals surface area contributed by atoms with Gasteiger partial charge in [-0.1, -0.05) is 0 Å². The number of carbonyl (C=O) groups excluding carboxylic acids is 1. The van der Waals surface area contributed by atoms with Gasteiger partial charge in [0.15, 0.2) is 0 Å². The maximum absolute atomic E-state index is 12.9. The molecule has 0 fully saturated rings. The molecular formula is C14H16FN9O. The number of hydrogen-bond acceptors (Lipinski definition) is 7. The van der Waals surface area contributed by atoms with Gasteiger partial charge in [0.05, 0.1) is 13.1 Å². The molecule has 0 saturated heterocycles. The first kappa shape index (κ1) is 16.5. The average molecular weight is 345 g/mol. The topological polar surface area (TPSA) is 140 Å². The molecule has 3 rings (SSSR count). The molecule has 0 unspecified atom stereocenters. The van der Waals surface area contributed by atoms with Crippen molar-refractivity contribution in [3.63, 3.8) is 0 Å². The maximum atomic E-state index is 12.9. The molecule has 0 aliphatic carbocycles. The lowest BCUT2D eigenvalue weighted by Gasteiger charge is -2.02. The SMILES string of the molecule is Nc1n[nH]c(CNC(=O)CCCn2nnc(-c3ccc(F)cc3)n2)n1. The maximum Gasteiger partial charge on any atom is 0.239 e. The summed E-state index contributed by atoms with van der Waals surface area (Å²) < 4.78 is 12.9. The lowest BCUT2D eigenvalue weighted by Crippen LogP contribution is -2.23. The van der Waals surface area contributed by atoms with Crippen LogP contribution in [-0.2, 0) is 17.9 Å². The fraction of sp³-hybridized carbons (Fsp3) is 0.286. The molecule has 0 radical (unpaired) electrons. The Hall–Kier alpha value is -3.37. The Morgan fingerprint density at radius 3 is 2.84 bits per heavy atom. The first-order valence-electron chi connectivity index (χ1n) is 7.57. The molecule has 0 aliphatic rings. The van der Waals surface area contributed by atoms with Crippen LogP contribution in [0.1, 0.15) is 18.7 Å². The quantitative estimate of drug-likeness (QED) is 0.558. The number of tetrazole rings is 1. The van der Waals surface area contributed by atoms with Crippen LogP contribution in [0.25, 0.3) is 11.4 Å². The molecule has 1 amide bonds. The van der Waals surface area contributed by atoms with Gasteiger partial charge in [0.1, 0.15) is 11.6 Å². The predicted molar refractivity (Wildman–Crippen MR) is 85.1 cm³/mol. The zero-order chi connectivity index (χ0) is 17.6. The number of nitrogens with two attached hydrogens (primary N) is 1. The van der Waals surface area contributed by atoms with Crippen LogP contribution in [0.4, 0.5) is 10.3 Å². The predicted octanol–water partition coefficient (Wildman–Crippen LogP) is 0.276. The van der Waals surface area contributed by atoms with Gasteiger partial charge in [-0.15, -0.1) is 15.3 Å². The molecule has 11 heteroatoms. The highest BCUT2D eigenvalue weighted by molar-refractivity contribution is 5.75. The summed E-state index contributed by atoms with van der Waals surface area (Å²) in [5.41, 5.74) is 6.05. The van der Waals surface area contributed by atoms with Crippen LogP contribution in [0.2, 0.25) is 0 Å². The van der Waals surface area contributed by atoms with E-state index in [1.807, 2.05) is 0 Å². The van der Waals surface area contributed by atoms with E-state index in [2.05, 4.69) is 35.9 Å². The van der Waals surface area contributed by atoms with E-state index in [0.29, 0.717) is 36.6 Å². The Bertz CT molecular complexity index is 842. The average Bonchev–Trinajstić information content (AvgIpc) is 3.23. The fourth-order valence-corrected chi connectivity index (χ4v) is 2.09. The number of amides is 1. The van der Waals surface area contributed by atoms with Gasteiger partial charge >= 0.3 is 0 Å². The van der Waals surface area contributed by atoms with Crippen molar-refractivity contribution in [2.45, 2.75) is 25.9 Å². The number of rotatable bonds is 7. The van der Waals surface area contributed by atoms with Crippen molar-refractivity contribution < 1.29 is 9.18 Å². The second-order valence-corrected chi connectivity index (χ2v) is 5.24. The number of halogens is 1. The van der Waals surface area contributed by atoms with Crippen molar-refractivity contribution in [2.24, 2.45) is 0 Å². The number of nitrogens with one attached hydrogen (secondary N) is 2. The number of nitrogen functional groups attached to an aromatic ring is 1. The van der Waals surface area contributed by atoms with Gasteiger partial charge in [-0.05, 0) is 35.9 Å². The molecule has 0 atom stereocenters. The van der Waals surface area contributed by atoms with Crippen molar-refractivity contribution in [3.05, 3.63) is 35.9 Å². The van der Waals surface area contributed by atoms with Gasteiger partial charge < -0.3 is 11.1 Å². The zero-order valence-electron chi connectivity index (χ0n) is 13.2. The first-order valence-corrected chi connectivity index (χ1v) is 7.57. The van der Waals surface area contributed by atoms with Crippen LogP contribution in [0.15, 0.2) is 24.3 Å². The second-order valence-electron chi connectivity index (χ2n) is 5.24. The monoisotopic (exact) mass is 345 g/mol. The van der Waals surface area contributed by atoms with E-state index < -0.39 is 0 Å². The summed E-state index contributed by atoms with van der Waals surface area (Å²) in [5.74, 6) is 0.586. The summed E-state index contributed by atoms with van der Waals surface area (Å²) in [6.45, 7) is 0.677. The standard InChI is InChI=1S/C14H16FN9O/c15-10-5-3-9(4-6-10)13-20-23-24(22-13)7-1-2-12(25)17-8-11-18-14(16)21-19-11/h3-6H,1-2,7-8H2,(H,17,25)(H3,16,18,19,21). The molecule has 0 spiro atoms. The van der Waals surface area contributed by atoms with E-state index >= 15 is 0 Å². The number of aromatic nitrogens is 7. The summed E-state index contributed by atoms with van der Waals surface area (Å²) in [4.78, 5) is 17.1. The molecule has 25 heavy (non-hydrogen) atoms. The van der Waals surface area contributed by atoms with Crippen LogP contribution in [-0.4, -0.2) is 41.3 Å². The number of anilines is 1. The van der Waals surface area contributed by atoms with Crippen LogP contribution < -0.4 is 11.1 Å². The largest absolute Gasteiger partial charge is 0.367 e. The fourth-order valence-electron chi connectivity index (χ4n) is 2.09. The molecule has 0 saturated carbocycles. The Morgan fingerprint density at radius 2 is 2.12 bits per heavy atom. The molecule has 0 bridgehead atoms. The molecule has 1 aromatic carbocycles. The van der Waals surface area contributed by atoms with Gasteiger partial charge in [0.2, 0.25) is 17.7 Å². The van der Waals surface area contributed by atoms with Gasteiger partial charge in [-0.2, -0.15) is 9.78 Å². The van der Waals surface area contributed by atoms with E-state index in [1.165, 1.54) is 16.9 Å². The van der Waals surface area contributed by atoms with E-state index in [-0.39, 0.29) is 24.2 Å². The van der Waals surface area contributed by atoms with Gasteiger partial charge in [0.25, 0.3) is 0 Å². The molecular weight excluding hydrogens is 329 g/mol. The summed E-state index contributed by atoms with van der Waals surface area (Å²) in [5, 5.41) is 21.0. The molecule has 0 aliphatic heterocycles. The third-order valence-electron chi connectivity index (χ3n) is 3.32. The molecule has 130 valence electrons. The number of carbonyl (C=O) groups is 1. The highest BCUT2D eigenvalue weighted by Gasteiger charge is 2.08. The molecule has 4 N–H and O–H groups in total. The Labute approximate surface area is 141 Å². The van der Waals surface area contributed by atoms with Crippen molar-refractivity contribution in [2.75, 3.05) is 5.73 Å². The number of aryl methyl sites for hydroxylation is 1. The minimum absolute atomic E-state index is 0.131. The summed E-state index contributed by atoms with van der Waals surface area (Å²) in [6.07, 6.45) is 0.848. The summed E-state index contributed by atoms with van der Waals surface area (Å²) in [7, 11) is 0. The van der Waals surface area contributed by atoms with E-state index in [0.717, 1.165) is 0 Å². The molecule has 2 heterocycles. The zero-order valence-corrected chi connectivity index (χ0v) is 13.2. The van der Waals surface area contributed by atoms with Crippen molar-refractivity contribution in [3.8, 4) is 11.4 Å². The van der Waals surface area contributed by atoms with Crippen molar-refractivity contribution in [1.29, 1.82) is 0 Å². The van der Waals surface area contributed by atoms with Crippen molar-refractivity contribution >= 4 is 11.9 Å². The minimum atomic E-state index is -0.324. The molecule has 3 aromatic rings. The van der Waals surface area contributed by atoms with Gasteiger partial charge in [-0.25, -0.2) is 4.39 Å². The van der Waals surface area contributed by atoms with E-state index in [4.69, 9.17) is 5.73 Å². The third kappa shape index (κ3) is 4.56. The Balaban J connectivity index is 1.43. The van der Waals surface area contributed by atoms with Gasteiger partial charge in [-0.3, -0.25) is 9.89 Å². The number of H-pyrrole nitrogens is 1. The van der Waals surface area contributed by atoms with Crippen LogP contribution in [0.3, 0.4) is 0 Å². The third-order valence-corrected chi connectivity index (χ3v) is 3.32. The summed E-state index contributed by atoms with van der Waals surface area (Å²) in [6, 6.07) is 5.84. The van der Waals surface area contributed by atoms with Gasteiger partial charge in [0, 0.05) is 12.0 Å². The highest BCUT2D eigenvalue weighted by atomic mass is 19.1. The van der Waals surface area contributed by atoms with Crippen LogP contribution in [0.5, 0.6) is 0 Å². The van der Waals surface area contributed by atoms with Crippen molar-refractivity contribution in [1.82, 2.24) is 40.7 Å². The number of hydrogen-bond donors (Lipinski definition) is 3. The number of benzene rings is 1. The summed E-state index contributed by atoms with van der Waals surface area (Å²) >= 11 is 0. The Morgan fingerprint density at radius 1 is 1.32 bits per heavy atom. The molecule has 2 aromatic heterocycles. The Kier molecular flexibility index (Phi) is 4.92. The highest BCUT2D eigenvalue weighted by Crippen LogP contribution is 2.13. The van der Waals surface area contributed by atoms with Crippen LogP contribution >= 0.6 is 0 Å². The van der Waals surface area contributed by atoms with Crippen LogP contribution in [0, 0.1) is 5.82 Å². The minimum Gasteiger partial charge on any atom is -0.367 e. The first-order chi connectivity index (χ1) is 12.1. The van der Waals surface area contributed by atoms with E-state index in [9.17, 15) is 9.18 Å². The molecule has 10 nitrogen and oxygen atoms in total. The number of aromatic amines is 1. The lowest BCUT2D eigenvalue weighted by atomic mass is 10.2. The second kappa shape index (κ2) is 7.47. The number of nitrogens with zero attached hydrogens (tertiary/aromatic N) is 6.